The van der Waals surface area contributed by atoms with Crippen molar-refractivity contribution in [3.63, 3.8) is 0 Å². The minimum absolute atomic E-state index is 0.0651. The summed E-state index contributed by atoms with van der Waals surface area (Å²) >= 11 is 6.09. The normalized spacial score (nSPS) is 26.1. The van der Waals surface area contributed by atoms with E-state index in [1.807, 2.05) is 12.1 Å². The van der Waals surface area contributed by atoms with Gasteiger partial charge in [0, 0.05) is 32.2 Å². The molecule has 0 bridgehead atoms. The minimum atomic E-state index is -0.0651. The van der Waals surface area contributed by atoms with Gasteiger partial charge in [-0.3, -0.25) is 19.4 Å². The molecule has 29 heavy (non-hydrogen) atoms. The van der Waals surface area contributed by atoms with Gasteiger partial charge < -0.3 is 10.6 Å². The first-order valence-corrected chi connectivity index (χ1v) is 11.1. The zero-order valence-corrected chi connectivity index (χ0v) is 18.3. The molecular weight excluding hydrogens is 388 g/mol. The second kappa shape index (κ2) is 10.4. The maximum atomic E-state index is 12.5. The Labute approximate surface area is 179 Å². The molecule has 160 valence electrons. The monoisotopic (exact) mass is 420 g/mol. The second-order valence-electron chi connectivity index (χ2n) is 8.52. The fourth-order valence-corrected chi connectivity index (χ4v) is 4.49. The highest BCUT2D eigenvalue weighted by molar-refractivity contribution is 6.33. The number of anilines is 1. The number of hydrogen-bond acceptors (Lipinski definition) is 4. The Bertz CT molecular complexity index is 706. The highest BCUT2D eigenvalue weighted by Crippen LogP contribution is 2.29. The number of para-hydroxylation sites is 1. The van der Waals surface area contributed by atoms with Gasteiger partial charge in [0.25, 0.3) is 0 Å². The molecule has 2 fully saturated rings. The molecule has 2 amide bonds. The molecular formula is C22H33ClN4O2. The van der Waals surface area contributed by atoms with Gasteiger partial charge in [-0.15, -0.1) is 0 Å². The van der Waals surface area contributed by atoms with Crippen LogP contribution in [0.3, 0.4) is 0 Å². The van der Waals surface area contributed by atoms with Crippen LogP contribution in [-0.2, 0) is 9.59 Å². The van der Waals surface area contributed by atoms with Crippen LogP contribution in [0, 0.1) is 11.8 Å². The van der Waals surface area contributed by atoms with Crippen LogP contribution in [0.1, 0.15) is 33.1 Å². The largest absolute Gasteiger partial charge is 0.352 e. The summed E-state index contributed by atoms with van der Waals surface area (Å²) in [5.74, 6) is 1.28. The van der Waals surface area contributed by atoms with Crippen LogP contribution < -0.4 is 10.6 Å². The summed E-state index contributed by atoms with van der Waals surface area (Å²) in [7, 11) is 0. The van der Waals surface area contributed by atoms with Gasteiger partial charge in [-0.1, -0.05) is 50.4 Å². The molecule has 1 saturated heterocycles. The van der Waals surface area contributed by atoms with Gasteiger partial charge in [0.2, 0.25) is 11.8 Å². The zero-order valence-electron chi connectivity index (χ0n) is 17.5. The van der Waals surface area contributed by atoms with Gasteiger partial charge in [-0.05, 0) is 30.4 Å². The SMILES string of the molecule is CC1CCCC(NC(=O)CN2CCN(CC(=O)Nc3ccccc3Cl)CC2)C1C. The zero-order chi connectivity index (χ0) is 20.8. The van der Waals surface area contributed by atoms with Crippen molar-refractivity contribution in [2.45, 2.75) is 39.2 Å². The van der Waals surface area contributed by atoms with Crippen molar-refractivity contribution in [1.29, 1.82) is 0 Å². The van der Waals surface area contributed by atoms with Crippen molar-refractivity contribution in [3.8, 4) is 0 Å². The number of carbonyl (C=O) groups is 2. The van der Waals surface area contributed by atoms with E-state index in [1.165, 1.54) is 12.8 Å². The van der Waals surface area contributed by atoms with Crippen LogP contribution in [0.25, 0.3) is 0 Å². The molecule has 1 aromatic carbocycles. The van der Waals surface area contributed by atoms with Crippen molar-refractivity contribution in [2.75, 3.05) is 44.6 Å². The second-order valence-corrected chi connectivity index (χ2v) is 8.93. The van der Waals surface area contributed by atoms with Gasteiger partial charge in [0.05, 0.1) is 23.8 Å². The molecule has 0 radical (unpaired) electrons. The number of nitrogens with one attached hydrogen (secondary N) is 2. The van der Waals surface area contributed by atoms with Gasteiger partial charge in [-0.25, -0.2) is 0 Å². The number of carbonyl (C=O) groups excluding carboxylic acids is 2. The highest BCUT2D eigenvalue weighted by Gasteiger charge is 2.29. The topological polar surface area (TPSA) is 64.7 Å². The third-order valence-electron chi connectivity index (χ3n) is 6.40. The van der Waals surface area contributed by atoms with E-state index in [9.17, 15) is 9.59 Å². The number of benzene rings is 1. The third-order valence-corrected chi connectivity index (χ3v) is 6.73. The van der Waals surface area contributed by atoms with Crippen LogP contribution in [0.4, 0.5) is 5.69 Å². The fraction of sp³-hybridized carbons (Fsp3) is 0.636. The molecule has 1 aliphatic heterocycles. The molecule has 3 rings (SSSR count). The molecule has 0 spiro atoms. The molecule has 6 nitrogen and oxygen atoms in total. The summed E-state index contributed by atoms with van der Waals surface area (Å²) in [6.45, 7) is 8.46. The van der Waals surface area contributed by atoms with Crippen molar-refractivity contribution in [1.82, 2.24) is 15.1 Å². The number of rotatable bonds is 6. The van der Waals surface area contributed by atoms with E-state index in [4.69, 9.17) is 11.6 Å². The van der Waals surface area contributed by atoms with E-state index in [2.05, 4.69) is 34.3 Å². The smallest absolute Gasteiger partial charge is 0.238 e. The van der Waals surface area contributed by atoms with E-state index in [-0.39, 0.29) is 11.8 Å². The van der Waals surface area contributed by atoms with E-state index in [1.54, 1.807) is 12.1 Å². The minimum Gasteiger partial charge on any atom is -0.352 e. The lowest BCUT2D eigenvalue weighted by molar-refractivity contribution is -0.124. The van der Waals surface area contributed by atoms with Crippen molar-refractivity contribution >= 4 is 29.1 Å². The van der Waals surface area contributed by atoms with E-state index >= 15 is 0 Å². The lowest BCUT2D eigenvalue weighted by Gasteiger charge is -2.36. The molecule has 2 N–H and O–H groups in total. The Hall–Kier alpha value is -1.63. The van der Waals surface area contributed by atoms with Crippen molar-refractivity contribution in [2.24, 2.45) is 11.8 Å². The molecule has 0 aromatic heterocycles. The highest BCUT2D eigenvalue weighted by atomic mass is 35.5. The first-order chi connectivity index (χ1) is 13.9. The maximum absolute atomic E-state index is 12.5. The summed E-state index contributed by atoms with van der Waals surface area (Å²) in [6.07, 6.45) is 3.55. The average Bonchev–Trinajstić information content (AvgIpc) is 2.69. The summed E-state index contributed by atoms with van der Waals surface area (Å²) in [4.78, 5) is 29.1. The quantitative estimate of drug-likeness (QED) is 0.742. The van der Waals surface area contributed by atoms with Gasteiger partial charge in [-0.2, -0.15) is 0 Å². The summed E-state index contributed by atoms with van der Waals surface area (Å²) < 4.78 is 0. The molecule has 7 heteroatoms. The maximum Gasteiger partial charge on any atom is 0.238 e. The standard InChI is InChI=1S/C22H33ClN4O2/c1-16-6-5-9-19(17(16)2)24-21(28)14-26-10-12-27(13-11-26)15-22(29)25-20-8-4-3-7-18(20)23/h3-4,7-8,16-17,19H,5-6,9-15H2,1-2H3,(H,24,28)(H,25,29). The fourth-order valence-electron chi connectivity index (χ4n) is 4.30. The molecule has 1 heterocycles. The van der Waals surface area contributed by atoms with Crippen LogP contribution >= 0.6 is 11.6 Å². The van der Waals surface area contributed by atoms with Crippen molar-refractivity contribution in [3.05, 3.63) is 29.3 Å². The molecule has 1 aliphatic carbocycles. The van der Waals surface area contributed by atoms with Crippen LogP contribution in [0.15, 0.2) is 24.3 Å². The number of nitrogens with zero attached hydrogens (tertiary/aromatic N) is 2. The Morgan fingerprint density at radius 3 is 2.28 bits per heavy atom. The van der Waals surface area contributed by atoms with Crippen LogP contribution in [-0.4, -0.2) is 66.9 Å². The molecule has 1 saturated carbocycles. The van der Waals surface area contributed by atoms with Crippen LogP contribution in [0.5, 0.6) is 0 Å². The predicted octanol–water partition coefficient (Wildman–Crippen LogP) is 2.84. The Morgan fingerprint density at radius 1 is 1.00 bits per heavy atom. The summed E-state index contributed by atoms with van der Waals surface area (Å²) in [5, 5.41) is 6.66. The average molecular weight is 421 g/mol. The summed E-state index contributed by atoms with van der Waals surface area (Å²) in [5.41, 5.74) is 0.640. The number of halogens is 1. The van der Waals surface area contributed by atoms with E-state index in [0.29, 0.717) is 41.7 Å². The lowest BCUT2D eigenvalue weighted by atomic mass is 9.78. The number of piperazine rings is 1. The van der Waals surface area contributed by atoms with Gasteiger partial charge in [0.1, 0.15) is 0 Å². The van der Waals surface area contributed by atoms with Gasteiger partial charge >= 0.3 is 0 Å². The molecule has 1 aromatic rings. The number of amides is 2. The van der Waals surface area contributed by atoms with Crippen molar-refractivity contribution < 1.29 is 9.59 Å². The summed E-state index contributed by atoms with van der Waals surface area (Å²) in [6, 6.07) is 7.55. The molecule has 3 atom stereocenters. The molecule has 2 aliphatic rings. The van der Waals surface area contributed by atoms with E-state index in [0.717, 1.165) is 32.6 Å². The lowest BCUT2D eigenvalue weighted by Crippen LogP contribution is -2.52. The molecule has 3 unspecified atom stereocenters. The first-order valence-electron chi connectivity index (χ1n) is 10.7. The Morgan fingerprint density at radius 2 is 1.62 bits per heavy atom. The van der Waals surface area contributed by atoms with Crippen LogP contribution in [0.2, 0.25) is 5.02 Å². The van der Waals surface area contributed by atoms with Gasteiger partial charge in [0.15, 0.2) is 0 Å². The van der Waals surface area contributed by atoms with E-state index < -0.39 is 0 Å². The number of hydrogen-bond donors (Lipinski definition) is 2. The third kappa shape index (κ3) is 6.43. The Balaban J connectivity index is 1.37. The predicted molar refractivity (Wildman–Crippen MR) is 117 cm³/mol. The Kier molecular flexibility index (Phi) is 7.92. The first kappa shape index (κ1) is 22.1.